The standard InChI is InChI=1S/Cu.Mg.Se.Sr.Zn. The predicted octanol–water partition coefficient (Wildman–Crippen LogP) is -1.15. The smallest absolute Gasteiger partial charge is 0 e. The largest absolute Gasteiger partial charge is 0 e. The normalized spacial score (nSPS) is 0. The van der Waals surface area contributed by atoms with Gasteiger partial charge in [-0.05, 0) is 0 Å². The molecule has 0 aliphatic carbocycles. The van der Waals surface area contributed by atoms with E-state index in [0.29, 0.717) is 0 Å². The van der Waals surface area contributed by atoms with Gasteiger partial charge in [0, 0.05) is 122 Å². The summed E-state index contributed by atoms with van der Waals surface area (Å²) in [5, 5.41) is 0. The van der Waals surface area contributed by atoms with Crippen LogP contribution in [-0.4, -0.2) is 85.6 Å². The third-order valence-corrected chi connectivity index (χ3v) is 0. The van der Waals surface area contributed by atoms with E-state index in [-0.39, 0.29) is 122 Å². The average molecular weight is 320 g/mol. The SMILES string of the molecule is [Cu].[Mg].[Se].[Sr].[Zn]. The van der Waals surface area contributed by atoms with E-state index in [2.05, 4.69) is 0 Å². The third kappa shape index (κ3) is 18.1. The van der Waals surface area contributed by atoms with E-state index in [4.69, 9.17) is 0 Å². The first kappa shape index (κ1) is 36.5. The summed E-state index contributed by atoms with van der Waals surface area (Å²) in [5.74, 6) is 0. The quantitative estimate of drug-likeness (QED) is 0.495. The third-order valence-electron chi connectivity index (χ3n) is 0. The van der Waals surface area contributed by atoms with Crippen LogP contribution in [0.1, 0.15) is 0 Å². The molecule has 0 heterocycles. The topological polar surface area (TPSA) is 0 Å². The van der Waals surface area contributed by atoms with Crippen molar-refractivity contribution in [3.8, 4) is 0 Å². The summed E-state index contributed by atoms with van der Waals surface area (Å²) in [6.45, 7) is 0. The summed E-state index contributed by atoms with van der Waals surface area (Å²) in [5.41, 5.74) is 0. The van der Waals surface area contributed by atoms with E-state index in [0.717, 1.165) is 0 Å². The Bertz CT molecular complexity index is 11.6. The van der Waals surface area contributed by atoms with Gasteiger partial charge in [-0.2, -0.15) is 0 Å². The Balaban J connectivity index is 0. The zero-order chi connectivity index (χ0) is 0. The van der Waals surface area contributed by atoms with Gasteiger partial charge in [0.05, 0.1) is 0 Å². The molecule has 0 unspecified atom stereocenters. The van der Waals surface area contributed by atoms with E-state index in [1.54, 1.807) is 0 Å². The van der Waals surface area contributed by atoms with E-state index in [9.17, 15) is 0 Å². The van der Waals surface area contributed by atoms with E-state index in [1.807, 2.05) is 0 Å². The molecule has 0 fully saturated rings. The van der Waals surface area contributed by atoms with Gasteiger partial charge in [0.2, 0.25) is 0 Å². The summed E-state index contributed by atoms with van der Waals surface area (Å²) in [6, 6.07) is 0. The van der Waals surface area contributed by atoms with Gasteiger partial charge in [-0.1, -0.05) is 0 Å². The van der Waals surface area contributed by atoms with Gasteiger partial charge in [0.25, 0.3) is 0 Å². The Morgan fingerprint density at radius 2 is 1.00 bits per heavy atom. The minimum Gasteiger partial charge on any atom is 0 e. The van der Waals surface area contributed by atoms with Gasteiger partial charge >= 0.3 is 0 Å². The van der Waals surface area contributed by atoms with Crippen LogP contribution in [-0.2, 0) is 36.5 Å². The first-order valence-electron chi connectivity index (χ1n) is 0. The van der Waals surface area contributed by atoms with Crippen molar-refractivity contribution < 1.29 is 36.5 Å². The van der Waals surface area contributed by atoms with Crippen molar-refractivity contribution >= 4 is 85.6 Å². The molecule has 0 aliphatic rings. The number of hydrogen-bond donors (Lipinski definition) is 0. The maximum Gasteiger partial charge on any atom is 0 e. The molecular formula is CuMgSeSrZn. The van der Waals surface area contributed by atoms with Crippen LogP contribution in [0.25, 0.3) is 0 Å². The molecule has 0 nitrogen and oxygen atoms in total. The molecule has 5 heavy (non-hydrogen) atoms. The maximum atomic E-state index is 0. The van der Waals surface area contributed by atoms with E-state index < -0.39 is 0 Å². The summed E-state index contributed by atoms with van der Waals surface area (Å²) >= 11 is 0. The molecule has 0 aromatic rings. The fourth-order valence-corrected chi connectivity index (χ4v) is 0. The minimum atomic E-state index is 0. The Morgan fingerprint density at radius 3 is 1.00 bits per heavy atom. The first-order chi connectivity index (χ1) is 0. The van der Waals surface area contributed by atoms with Crippen LogP contribution < -0.4 is 0 Å². The van der Waals surface area contributed by atoms with Crippen LogP contribution in [0.15, 0.2) is 0 Å². The molecule has 5 heteroatoms. The Morgan fingerprint density at radius 1 is 1.00 bits per heavy atom. The van der Waals surface area contributed by atoms with E-state index >= 15 is 0 Å². The average Bonchev–Trinajstić information content (AvgIpc) is 0. The minimum absolute atomic E-state index is 0. The molecule has 0 saturated carbocycles. The van der Waals surface area contributed by atoms with Gasteiger partial charge in [0.1, 0.15) is 0 Å². The fraction of sp³-hybridized carbons (Fsp3) is 0. The summed E-state index contributed by atoms with van der Waals surface area (Å²) in [7, 11) is 0. The second kappa shape index (κ2) is 24.7. The van der Waals surface area contributed by atoms with Gasteiger partial charge in [-0.3, -0.25) is 0 Å². The molecule has 0 spiro atoms. The molecule has 0 aromatic carbocycles. The molecule has 7 radical (unpaired) electrons. The first-order valence-corrected chi connectivity index (χ1v) is 0. The van der Waals surface area contributed by atoms with Crippen molar-refractivity contribution in [1.82, 2.24) is 0 Å². The summed E-state index contributed by atoms with van der Waals surface area (Å²) < 4.78 is 0. The molecule has 0 N–H and O–H groups in total. The monoisotopic (exact) mass is 319 g/mol. The van der Waals surface area contributed by atoms with Crippen molar-refractivity contribution in [3.05, 3.63) is 0 Å². The van der Waals surface area contributed by atoms with Gasteiger partial charge in [-0.15, -0.1) is 0 Å². The molecule has 0 aliphatic heterocycles. The maximum absolute atomic E-state index is 0. The molecule has 0 rings (SSSR count). The van der Waals surface area contributed by atoms with Gasteiger partial charge < -0.3 is 0 Å². The Labute approximate surface area is 119 Å². The van der Waals surface area contributed by atoms with Crippen molar-refractivity contribution in [2.24, 2.45) is 0 Å². The molecule has 0 atom stereocenters. The molecule has 0 amide bonds. The summed E-state index contributed by atoms with van der Waals surface area (Å²) in [6.07, 6.45) is 0. The van der Waals surface area contributed by atoms with Crippen molar-refractivity contribution in [2.75, 3.05) is 0 Å². The Kier molecular flexibility index (Phi) is 180. The van der Waals surface area contributed by atoms with Crippen LogP contribution in [0.2, 0.25) is 0 Å². The van der Waals surface area contributed by atoms with Crippen LogP contribution in [0.5, 0.6) is 0 Å². The fourth-order valence-electron chi connectivity index (χ4n) is 0. The van der Waals surface area contributed by atoms with Crippen LogP contribution in [0.4, 0.5) is 0 Å². The van der Waals surface area contributed by atoms with Gasteiger partial charge in [-0.25, -0.2) is 0 Å². The van der Waals surface area contributed by atoms with E-state index in [1.165, 1.54) is 0 Å². The van der Waals surface area contributed by atoms with Crippen molar-refractivity contribution in [1.29, 1.82) is 0 Å². The second-order valence-corrected chi connectivity index (χ2v) is 0. The molecule has 0 bridgehead atoms. The number of hydrogen-bond acceptors (Lipinski definition) is 0. The van der Waals surface area contributed by atoms with Crippen LogP contribution in [0.3, 0.4) is 0 Å². The molecular weight excluding hydrogens is 320 g/mol. The van der Waals surface area contributed by atoms with Crippen molar-refractivity contribution in [2.45, 2.75) is 0 Å². The summed E-state index contributed by atoms with van der Waals surface area (Å²) in [4.78, 5) is 0. The molecule has 0 aromatic heterocycles. The predicted molar refractivity (Wildman–Crippen MR) is 17.3 cm³/mol. The van der Waals surface area contributed by atoms with Crippen LogP contribution >= 0.6 is 0 Å². The molecule has 23 valence electrons. The second-order valence-electron chi connectivity index (χ2n) is 0. The number of rotatable bonds is 0. The van der Waals surface area contributed by atoms with Crippen molar-refractivity contribution in [3.63, 3.8) is 0 Å². The van der Waals surface area contributed by atoms with Gasteiger partial charge in [0.15, 0.2) is 0 Å². The molecule has 0 saturated heterocycles. The van der Waals surface area contributed by atoms with Crippen LogP contribution in [0, 0.1) is 0 Å². The zero-order valence-corrected chi connectivity index (χ0v) is 13.3. The Hall–Kier alpha value is 3.91. The zero-order valence-electron chi connectivity index (χ0n) is 2.83.